The molecule has 2 aromatic rings. The third-order valence-corrected chi connectivity index (χ3v) is 2.85. The Kier molecular flexibility index (Phi) is 4.04. The van der Waals surface area contributed by atoms with Crippen molar-refractivity contribution in [2.75, 3.05) is 5.32 Å². The number of rotatable bonds is 5. The van der Waals surface area contributed by atoms with Gasteiger partial charge in [-0.15, -0.1) is 0 Å². The molecular formula is C13H15ClN2O. The number of hydrogen-bond acceptors (Lipinski definition) is 3. The molecule has 0 aromatic carbocycles. The summed E-state index contributed by atoms with van der Waals surface area (Å²) in [6.07, 6.45) is 5.31. The first-order valence-electron chi connectivity index (χ1n) is 5.65. The highest BCUT2D eigenvalue weighted by atomic mass is 35.5. The number of aromatic nitrogens is 1. The van der Waals surface area contributed by atoms with Gasteiger partial charge in [-0.3, -0.25) is 0 Å². The second-order valence-electron chi connectivity index (χ2n) is 4.00. The van der Waals surface area contributed by atoms with Gasteiger partial charge in [0.15, 0.2) is 0 Å². The zero-order valence-electron chi connectivity index (χ0n) is 9.69. The molecule has 0 bridgehead atoms. The lowest BCUT2D eigenvalue weighted by atomic mass is 10.1. The number of aryl methyl sites for hydroxylation is 1. The molecule has 0 saturated carbocycles. The first-order chi connectivity index (χ1) is 8.25. The second-order valence-corrected chi connectivity index (χ2v) is 4.40. The van der Waals surface area contributed by atoms with Gasteiger partial charge in [0.1, 0.15) is 11.6 Å². The van der Waals surface area contributed by atoms with Gasteiger partial charge in [0.2, 0.25) is 0 Å². The van der Waals surface area contributed by atoms with Crippen LogP contribution < -0.4 is 5.32 Å². The van der Waals surface area contributed by atoms with Crippen molar-refractivity contribution in [1.29, 1.82) is 0 Å². The number of nitrogens with zero attached hydrogens (tertiary/aromatic N) is 1. The van der Waals surface area contributed by atoms with Gasteiger partial charge in [-0.25, -0.2) is 4.98 Å². The molecule has 2 heterocycles. The molecule has 90 valence electrons. The van der Waals surface area contributed by atoms with Gasteiger partial charge in [-0.05, 0) is 37.6 Å². The SMILES string of the molecule is CC(CCc1ccco1)Nc1ncccc1Cl. The Balaban J connectivity index is 1.85. The van der Waals surface area contributed by atoms with E-state index in [-0.39, 0.29) is 0 Å². The van der Waals surface area contributed by atoms with Crippen LogP contribution in [0.25, 0.3) is 0 Å². The van der Waals surface area contributed by atoms with E-state index in [1.807, 2.05) is 24.3 Å². The quantitative estimate of drug-likeness (QED) is 0.878. The first kappa shape index (κ1) is 12.0. The molecule has 1 N–H and O–H groups in total. The molecule has 2 rings (SSSR count). The van der Waals surface area contributed by atoms with E-state index in [2.05, 4.69) is 17.2 Å². The van der Waals surface area contributed by atoms with Crippen molar-refractivity contribution in [3.05, 3.63) is 47.5 Å². The summed E-state index contributed by atoms with van der Waals surface area (Å²) in [6, 6.07) is 7.84. The Morgan fingerprint density at radius 2 is 2.29 bits per heavy atom. The topological polar surface area (TPSA) is 38.1 Å². The number of pyridine rings is 1. The summed E-state index contributed by atoms with van der Waals surface area (Å²) in [5.74, 6) is 1.74. The molecule has 0 spiro atoms. The van der Waals surface area contributed by atoms with Crippen LogP contribution in [0.3, 0.4) is 0 Å². The zero-order chi connectivity index (χ0) is 12.1. The number of furan rings is 1. The highest BCUT2D eigenvalue weighted by Crippen LogP contribution is 2.19. The average Bonchev–Trinajstić information content (AvgIpc) is 2.82. The Hall–Kier alpha value is -1.48. The molecule has 17 heavy (non-hydrogen) atoms. The number of nitrogens with one attached hydrogen (secondary N) is 1. The average molecular weight is 251 g/mol. The molecule has 0 saturated heterocycles. The summed E-state index contributed by atoms with van der Waals surface area (Å²) in [7, 11) is 0. The van der Waals surface area contributed by atoms with E-state index < -0.39 is 0 Å². The lowest BCUT2D eigenvalue weighted by Gasteiger charge is -2.14. The van der Waals surface area contributed by atoms with Crippen LogP contribution in [0.15, 0.2) is 41.1 Å². The molecule has 0 fully saturated rings. The summed E-state index contributed by atoms with van der Waals surface area (Å²) in [6.45, 7) is 2.11. The van der Waals surface area contributed by atoms with E-state index in [0.29, 0.717) is 11.1 Å². The molecule has 4 heteroatoms. The molecule has 0 aliphatic rings. The van der Waals surface area contributed by atoms with Crippen molar-refractivity contribution < 1.29 is 4.42 Å². The van der Waals surface area contributed by atoms with Crippen LogP contribution in [0.5, 0.6) is 0 Å². The maximum atomic E-state index is 6.02. The second kappa shape index (κ2) is 5.73. The fourth-order valence-electron chi connectivity index (χ4n) is 1.61. The van der Waals surface area contributed by atoms with Crippen LogP contribution in [0.4, 0.5) is 5.82 Å². The van der Waals surface area contributed by atoms with Crippen LogP contribution in [-0.4, -0.2) is 11.0 Å². The summed E-state index contributed by atoms with van der Waals surface area (Å²) >= 11 is 6.02. The Labute approximate surface area is 106 Å². The minimum absolute atomic E-state index is 0.299. The fourth-order valence-corrected chi connectivity index (χ4v) is 1.79. The summed E-state index contributed by atoms with van der Waals surface area (Å²) < 4.78 is 5.29. The van der Waals surface area contributed by atoms with Gasteiger partial charge in [0.05, 0.1) is 11.3 Å². The van der Waals surface area contributed by atoms with Gasteiger partial charge in [0.25, 0.3) is 0 Å². The molecule has 0 amide bonds. The summed E-state index contributed by atoms with van der Waals surface area (Å²) in [4.78, 5) is 4.20. The Morgan fingerprint density at radius 3 is 3.00 bits per heavy atom. The Bertz CT molecular complexity index is 456. The monoisotopic (exact) mass is 250 g/mol. The van der Waals surface area contributed by atoms with Gasteiger partial charge >= 0.3 is 0 Å². The largest absolute Gasteiger partial charge is 0.469 e. The van der Waals surface area contributed by atoms with Crippen molar-refractivity contribution in [2.45, 2.75) is 25.8 Å². The number of hydrogen-bond donors (Lipinski definition) is 1. The summed E-state index contributed by atoms with van der Waals surface area (Å²) in [5, 5.41) is 3.94. The smallest absolute Gasteiger partial charge is 0.144 e. The zero-order valence-corrected chi connectivity index (χ0v) is 10.4. The van der Waals surface area contributed by atoms with Crippen LogP contribution >= 0.6 is 11.6 Å². The molecule has 0 aliphatic heterocycles. The highest BCUT2D eigenvalue weighted by molar-refractivity contribution is 6.32. The van der Waals surface area contributed by atoms with Crippen molar-refractivity contribution in [1.82, 2.24) is 4.98 Å². The molecule has 1 unspecified atom stereocenters. The lowest BCUT2D eigenvalue weighted by molar-refractivity contribution is 0.495. The number of anilines is 1. The van der Waals surface area contributed by atoms with E-state index in [1.165, 1.54) is 0 Å². The van der Waals surface area contributed by atoms with Crippen molar-refractivity contribution in [3.8, 4) is 0 Å². The van der Waals surface area contributed by atoms with Crippen LogP contribution in [0.1, 0.15) is 19.1 Å². The van der Waals surface area contributed by atoms with E-state index >= 15 is 0 Å². The van der Waals surface area contributed by atoms with Gasteiger partial charge in [0, 0.05) is 18.7 Å². The first-order valence-corrected chi connectivity index (χ1v) is 6.03. The molecule has 0 radical (unpaired) electrons. The van der Waals surface area contributed by atoms with E-state index in [0.717, 1.165) is 24.4 Å². The van der Waals surface area contributed by atoms with E-state index in [1.54, 1.807) is 12.5 Å². The van der Waals surface area contributed by atoms with Crippen LogP contribution in [-0.2, 0) is 6.42 Å². The molecular weight excluding hydrogens is 236 g/mol. The van der Waals surface area contributed by atoms with Gasteiger partial charge in [-0.2, -0.15) is 0 Å². The minimum Gasteiger partial charge on any atom is -0.469 e. The molecule has 1 atom stereocenters. The van der Waals surface area contributed by atoms with Crippen LogP contribution in [0.2, 0.25) is 5.02 Å². The summed E-state index contributed by atoms with van der Waals surface area (Å²) in [5.41, 5.74) is 0. The lowest BCUT2D eigenvalue weighted by Crippen LogP contribution is -2.17. The maximum Gasteiger partial charge on any atom is 0.144 e. The number of halogens is 1. The molecule has 2 aromatic heterocycles. The van der Waals surface area contributed by atoms with Gasteiger partial charge < -0.3 is 9.73 Å². The third kappa shape index (κ3) is 3.49. The van der Waals surface area contributed by atoms with Crippen molar-refractivity contribution in [2.24, 2.45) is 0 Å². The third-order valence-electron chi connectivity index (χ3n) is 2.55. The fraction of sp³-hybridized carbons (Fsp3) is 0.308. The van der Waals surface area contributed by atoms with Gasteiger partial charge in [-0.1, -0.05) is 11.6 Å². The predicted octanol–water partition coefficient (Wildman–Crippen LogP) is 3.76. The standard InChI is InChI=1S/C13H15ClN2O/c1-10(6-7-11-4-3-9-17-11)16-13-12(14)5-2-8-15-13/h2-5,8-10H,6-7H2,1H3,(H,15,16). The predicted molar refractivity (Wildman–Crippen MR) is 69.4 cm³/mol. The van der Waals surface area contributed by atoms with E-state index in [4.69, 9.17) is 16.0 Å². The van der Waals surface area contributed by atoms with Crippen molar-refractivity contribution in [3.63, 3.8) is 0 Å². The normalized spacial score (nSPS) is 12.4. The molecule has 3 nitrogen and oxygen atoms in total. The maximum absolute atomic E-state index is 6.02. The minimum atomic E-state index is 0.299. The van der Waals surface area contributed by atoms with E-state index in [9.17, 15) is 0 Å². The van der Waals surface area contributed by atoms with Crippen LogP contribution in [0, 0.1) is 0 Å². The Morgan fingerprint density at radius 1 is 1.41 bits per heavy atom. The highest BCUT2D eigenvalue weighted by Gasteiger charge is 2.07. The van der Waals surface area contributed by atoms with Crippen molar-refractivity contribution >= 4 is 17.4 Å². The molecule has 0 aliphatic carbocycles.